The molecular weight excluding hydrogens is 803 g/mol. The minimum Gasteiger partial charge on any atom is -0.394 e. The highest BCUT2D eigenvalue weighted by atomic mass is 32.2. The molecule has 0 fully saturated rings. The van der Waals surface area contributed by atoms with Gasteiger partial charge in [0.2, 0.25) is 0 Å². The van der Waals surface area contributed by atoms with Crippen LogP contribution in [0.15, 0.2) is 56.8 Å². The van der Waals surface area contributed by atoms with E-state index >= 15 is 0 Å². The number of aliphatic hydroxyl groups is 2. The molecule has 6 aromatic heterocycles. The zero-order valence-corrected chi connectivity index (χ0v) is 34.8. The third kappa shape index (κ3) is 11.5. The third-order valence-electron chi connectivity index (χ3n) is 8.20. The van der Waals surface area contributed by atoms with Gasteiger partial charge in [-0.15, -0.1) is 0 Å². The summed E-state index contributed by atoms with van der Waals surface area (Å²) in [4.78, 5) is 54.1. The van der Waals surface area contributed by atoms with Crippen LogP contribution in [0, 0.1) is 23.5 Å². The first-order valence-corrected chi connectivity index (χ1v) is 21.2. The second kappa shape index (κ2) is 19.9. The van der Waals surface area contributed by atoms with Gasteiger partial charge in [-0.2, -0.15) is 0 Å². The van der Waals surface area contributed by atoms with Crippen LogP contribution in [0.25, 0.3) is 20.7 Å². The van der Waals surface area contributed by atoms with Crippen LogP contribution in [0.1, 0.15) is 76.0 Å². The number of nitrogens with one attached hydrogen (secondary N) is 4. The molecule has 0 aromatic carbocycles. The zero-order chi connectivity index (χ0) is 40.5. The van der Waals surface area contributed by atoms with Crippen LogP contribution in [0.3, 0.4) is 0 Å². The lowest BCUT2D eigenvalue weighted by atomic mass is 10.0. The van der Waals surface area contributed by atoms with Gasteiger partial charge in [-0.1, -0.05) is 73.9 Å². The van der Waals surface area contributed by atoms with Gasteiger partial charge >= 0.3 is 9.75 Å². The number of thioether (sulfide) groups is 2. The van der Waals surface area contributed by atoms with Crippen molar-refractivity contribution >= 4 is 78.5 Å². The van der Waals surface area contributed by atoms with Crippen molar-refractivity contribution in [1.82, 2.24) is 39.9 Å². The fourth-order valence-electron chi connectivity index (χ4n) is 5.71. The standard InChI is InChI=1S/2C18H22FN5O2S2/c2*1-9(2)6-11(8-25)21-15-14-16(24-18(26)28-14)23-17(22-15)27-10(3)12-4-5-20-7-13(12)19/h2*4-5,7,9-11,25H,6,8H2,1-3H3,(H2,21,22,23,24,26)/t10-,11+;10-,11-/m01/s1. The van der Waals surface area contributed by atoms with Gasteiger partial charge in [-0.25, -0.2) is 28.7 Å². The van der Waals surface area contributed by atoms with E-state index in [1.165, 1.54) is 35.9 Å². The molecule has 6 heterocycles. The number of pyridine rings is 2. The monoisotopic (exact) mass is 846 g/mol. The van der Waals surface area contributed by atoms with Crippen LogP contribution in [0.4, 0.5) is 20.4 Å². The summed E-state index contributed by atoms with van der Waals surface area (Å²) < 4.78 is 29.3. The van der Waals surface area contributed by atoms with Crippen LogP contribution in [0.2, 0.25) is 0 Å². The number of fused-ring (bicyclic) bond motifs is 2. The highest BCUT2D eigenvalue weighted by Gasteiger charge is 2.21. The van der Waals surface area contributed by atoms with E-state index in [1.807, 2.05) is 13.8 Å². The Bertz CT molecular complexity index is 2180. The lowest BCUT2D eigenvalue weighted by Gasteiger charge is -2.19. The number of aliphatic hydroxyl groups excluding tert-OH is 2. The lowest BCUT2D eigenvalue weighted by Crippen LogP contribution is -2.26. The van der Waals surface area contributed by atoms with Crippen LogP contribution in [0.5, 0.6) is 0 Å². The van der Waals surface area contributed by atoms with Gasteiger partial charge in [0.25, 0.3) is 0 Å². The van der Waals surface area contributed by atoms with Gasteiger partial charge in [0.05, 0.1) is 37.7 Å². The molecule has 6 rings (SSSR count). The predicted octanol–water partition coefficient (Wildman–Crippen LogP) is 7.17. The van der Waals surface area contributed by atoms with Crippen molar-refractivity contribution in [3.63, 3.8) is 0 Å². The van der Waals surface area contributed by atoms with E-state index < -0.39 is 0 Å². The minimum atomic E-state index is -0.386. The molecule has 0 radical (unpaired) electrons. The van der Waals surface area contributed by atoms with E-state index in [0.717, 1.165) is 35.5 Å². The largest absolute Gasteiger partial charge is 0.394 e. The summed E-state index contributed by atoms with van der Waals surface area (Å²) in [5.74, 6) is 0.994. The number of rotatable bonds is 16. The third-order valence-corrected chi connectivity index (χ3v) is 12.0. The van der Waals surface area contributed by atoms with E-state index in [9.17, 15) is 28.6 Å². The average Bonchev–Trinajstić information content (AvgIpc) is 3.72. The summed E-state index contributed by atoms with van der Waals surface area (Å²) in [7, 11) is 0. The van der Waals surface area contributed by atoms with Crippen LogP contribution >= 0.6 is 46.2 Å². The number of nitrogens with zero attached hydrogens (tertiary/aromatic N) is 6. The molecule has 20 heteroatoms. The number of aromatic nitrogens is 8. The first kappa shape index (κ1) is 43.1. The van der Waals surface area contributed by atoms with Gasteiger partial charge in [0, 0.05) is 34.0 Å². The SMILES string of the molecule is CC(C)C[C@H](CO)Nc1nc(S[C@@H](C)c2ccncc2F)nc2[nH]c(=O)sc12.CC(C)C[C@H](CO)Nc1nc(S[C@H](C)c2ccncc2F)nc2[nH]c(=O)sc12. The molecule has 300 valence electrons. The van der Waals surface area contributed by atoms with Crippen LogP contribution < -0.4 is 20.4 Å². The lowest BCUT2D eigenvalue weighted by molar-refractivity contribution is 0.259. The molecule has 6 aromatic rings. The second-order valence-electron chi connectivity index (χ2n) is 13.7. The van der Waals surface area contributed by atoms with E-state index in [1.54, 1.807) is 24.5 Å². The average molecular weight is 847 g/mol. The Hall–Kier alpha value is -4.08. The maximum atomic E-state index is 14.0. The summed E-state index contributed by atoms with van der Waals surface area (Å²) in [6.07, 6.45) is 6.95. The van der Waals surface area contributed by atoms with Crippen molar-refractivity contribution in [1.29, 1.82) is 0 Å². The zero-order valence-electron chi connectivity index (χ0n) is 31.5. The molecule has 0 saturated carbocycles. The second-order valence-corrected chi connectivity index (χ2v) is 18.3. The van der Waals surface area contributed by atoms with Crippen molar-refractivity contribution < 1.29 is 19.0 Å². The van der Waals surface area contributed by atoms with Gasteiger partial charge in [-0.05, 0) is 50.7 Å². The molecule has 0 saturated heterocycles. The maximum absolute atomic E-state index is 14.0. The summed E-state index contributed by atoms with van der Waals surface area (Å²) in [6, 6.07) is 2.87. The Balaban J connectivity index is 0.000000214. The first-order valence-electron chi connectivity index (χ1n) is 17.8. The van der Waals surface area contributed by atoms with Crippen molar-refractivity contribution in [2.75, 3.05) is 23.8 Å². The molecule has 0 aliphatic heterocycles. The molecule has 0 aliphatic carbocycles. The number of H-pyrrole nitrogens is 2. The molecule has 0 spiro atoms. The Morgan fingerprint density at radius 3 is 1.41 bits per heavy atom. The van der Waals surface area contributed by atoms with E-state index in [-0.39, 0.29) is 57.2 Å². The van der Waals surface area contributed by atoms with Crippen molar-refractivity contribution in [3.8, 4) is 0 Å². The van der Waals surface area contributed by atoms with Gasteiger partial charge in [0.15, 0.2) is 33.2 Å². The van der Waals surface area contributed by atoms with Crippen LogP contribution in [-0.2, 0) is 0 Å². The quantitative estimate of drug-likeness (QED) is 0.0422. The Morgan fingerprint density at radius 2 is 1.07 bits per heavy atom. The molecule has 14 nitrogen and oxygen atoms in total. The summed E-state index contributed by atoms with van der Waals surface area (Å²) in [5, 5.41) is 26.2. The highest BCUT2D eigenvalue weighted by molar-refractivity contribution is 7.99. The molecule has 6 N–H and O–H groups in total. The van der Waals surface area contributed by atoms with Gasteiger partial charge in [0.1, 0.15) is 21.0 Å². The fourth-order valence-corrected chi connectivity index (χ4v) is 9.01. The fraction of sp³-hybridized carbons (Fsp3) is 0.444. The minimum absolute atomic E-state index is 0.0515. The smallest absolute Gasteiger partial charge is 0.306 e. The summed E-state index contributed by atoms with van der Waals surface area (Å²) in [6.45, 7) is 11.9. The number of thiazole rings is 2. The van der Waals surface area contributed by atoms with Crippen molar-refractivity contribution in [2.45, 2.75) is 87.3 Å². The van der Waals surface area contributed by atoms with Crippen molar-refractivity contribution in [2.24, 2.45) is 11.8 Å². The summed E-state index contributed by atoms with van der Waals surface area (Å²) in [5.41, 5.74) is 1.87. The molecular formula is C36H44F2N10O4S4. The van der Waals surface area contributed by atoms with Crippen LogP contribution in [-0.4, -0.2) is 75.4 Å². The van der Waals surface area contributed by atoms with E-state index in [0.29, 0.717) is 65.6 Å². The summed E-state index contributed by atoms with van der Waals surface area (Å²) >= 11 is 4.61. The number of aromatic amines is 2. The molecule has 0 bridgehead atoms. The number of hydrogen-bond acceptors (Lipinski definition) is 16. The molecule has 0 unspecified atom stereocenters. The predicted molar refractivity (Wildman–Crippen MR) is 221 cm³/mol. The molecule has 56 heavy (non-hydrogen) atoms. The first-order chi connectivity index (χ1) is 26.7. The van der Waals surface area contributed by atoms with E-state index in [4.69, 9.17) is 0 Å². The molecule has 0 amide bonds. The molecule has 0 aliphatic rings. The maximum Gasteiger partial charge on any atom is 0.306 e. The number of halogens is 2. The van der Waals surface area contributed by atoms with E-state index in [2.05, 4.69) is 78.2 Å². The van der Waals surface area contributed by atoms with Crippen molar-refractivity contribution in [3.05, 3.63) is 79.0 Å². The van der Waals surface area contributed by atoms with Gasteiger partial charge in [-0.3, -0.25) is 29.5 Å². The Labute approximate surface area is 337 Å². The Kier molecular flexibility index (Phi) is 15.3. The topological polar surface area (TPSA) is 208 Å². The number of anilines is 2. The van der Waals surface area contributed by atoms with Gasteiger partial charge < -0.3 is 20.8 Å². The normalized spacial score (nSPS) is 13.8. The molecule has 4 atom stereocenters. The number of hydrogen-bond donors (Lipinski definition) is 6. The Morgan fingerprint density at radius 1 is 0.679 bits per heavy atom. The highest BCUT2D eigenvalue weighted by Crippen LogP contribution is 2.37.